The van der Waals surface area contributed by atoms with Crippen LogP contribution in [0.2, 0.25) is 6.32 Å². The van der Waals surface area contributed by atoms with Crippen molar-refractivity contribution in [1.29, 1.82) is 0 Å². The second-order valence-corrected chi connectivity index (χ2v) is 20.8. The Balaban J connectivity index is 0.000000295. The number of hydrogen-bond donors (Lipinski definition) is 4. The molecule has 0 atom stereocenters. The summed E-state index contributed by atoms with van der Waals surface area (Å²) >= 11 is 18.6. The highest BCUT2D eigenvalue weighted by atomic mass is 79.9. The number of aryl methyl sites for hydroxylation is 3. The average Bonchev–Trinajstić information content (AvgIpc) is 4.21. The van der Waals surface area contributed by atoms with Crippen LogP contribution in [0.15, 0.2) is 121 Å². The number of ketones is 1. The Kier molecular flexibility index (Phi) is 31.3. The van der Waals surface area contributed by atoms with Crippen molar-refractivity contribution in [1.82, 2.24) is 10.2 Å². The van der Waals surface area contributed by atoms with Gasteiger partial charge in [0.15, 0.2) is 0 Å². The van der Waals surface area contributed by atoms with Crippen LogP contribution >= 0.6 is 55.1 Å². The number of rotatable bonds is 5. The Morgan fingerprint density at radius 1 is 0.548 bits per heavy atom. The van der Waals surface area contributed by atoms with Crippen molar-refractivity contribution in [2.45, 2.75) is 126 Å². The van der Waals surface area contributed by atoms with Crippen molar-refractivity contribution in [2.24, 2.45) is 5.73 Å². The summed E-state index contributed by atoms with van der Waals surface area (Å²) in [6, 6.07) is 32.2. The zero-order valence-corrected chi connectivity index (χ0v) is 50.3. The molecular formula is C62H82BBr2Cl2N3O3. The lowest BCUT2D eigenvalue weighted by Crippen LogP contribution is -2.10. The van der Waals surface area contributed by atoms with Gasteiger partial charge in [0.25, 0.3) is 0 Å². The van der Waals surface area contributed by atoms with Crippen LogP contribution in [0.5, 0.6) is 0 Å². The summed E-state index contributed by atoms with van der Waals surface area (Å²) in [5, 5.41) is 20.5. The van der Waals surface area contributed by atoms with Gasteiger partial charge in [0.2, 0.25) is 0 Å². The zero-order valence-electron chi connectivity index (χ0n) is 45.7. The fourth-order valence-electron chi connectivity index (χ4n) is 7.79. The Hall–Kier alpha value is -4.19. The van der Waals surface area contributed by atoms with Crippen molar-refractivity contribution in [3.8, 4) is 0 Å². The molecule has 0 aliphatic heterocycles. The molecule has 5 N–H and O–H groups in total. The first-order valence-electron chi connectivity index (χ1n) is 25.8. The topological polar surface area (TPSA) is 98.8 Å². The second-order valence-electron chi connectivity index (χ2n) is 18.0. The summed E-state index contributed by atoms with van der Waals surface area (Å²) < 4.78 is 2.18. The zero-order chi connectivity index (χ0) is 54.6. The number of fused-ring (bicyclic) bond motifs is 5. The molecule has 5 aliphatic rings. The van der Waals surface area contributed by atoms with Crippen molar-refractivity contribution < 1.29 is 14.8 Å². The number of carbonyl (C=O) groups is 1. The molecule has 0 saturated heterocycles. The van der Waals surface area contributed by atoms with Crippen LogP contribution in [-0.4, -0.2) is 56.0 Å². The standard InChI is InChI=1S/C13H17N.C11H11Cl.C11H13N.C9H6BrCl.C9H7BrO.C3H8.C2H7BO2.C2H7N.C2H6/c1-4-10-5-6-11-8-13(14(2)3)9-12(11)7-10;2*1-2-8-3-4-9-6-11(12)7-10(9)5-8;2*10-8-2-1-6-4-9(11)5-7(6)3-8;1-3-2;1-2-3(4)5;1-3-2;1-2/h5-8H,4,9H2,1-3H3;3-6H,2,7H2,1H3;3-6H,2,7,12H2,1H3;1-4H,5H2;1-3H,4-5H2;3H2,1-2H3;4-5H,2H2,1H3;3H,1-2H3;1-2H3. The minimum atomic E-state index is -1.12. The van der Waals surface area contributed by atoms with Gasteiger partial charge in [-0.3, -0.25) is 4.79 Å². The van der Waals surface area contributed by atoms with Crippen molar-refractivity contribution >= 4 is 92.3 Å². The summed E-state index contributed by atoms with van der Waals surface area (Å²) in [5.41, 5.74) is 25.5. The normalized spacial score (nSPS) is 12.9. The van der Waals surface area contributed by atoms with Gasteiger partial charge in [-0.25, -0.2) is 0 Å². The number of hydrogen-bond acceptors (Lipinski definition) is 6. The largest absolute Gasteiger partial charge is 0.451 e. The number of halogens is 4. The summed E-state index contributed by atoms with van der Waals surface area (Å²) in [5.74, 6) is 0.332. The minimum Gasteiger partial charge on any atom is -0.427 e. The first-order chi connectivity index (χ1) is 34.9. The van der Waals surface area contributed by atoms with Crippen LogP contribution < -0.4 is 11.1 Å². The third-order valence-corrected chi connectivity index (χ3v) is 13.1. The van der Waals surface area contributed by atoms with Crippen LogP contribution in [0.4, 0.5) is 0 Å². The van der Waals surface area contributed by atoms with E-state index in [4.69, 9.17) is 39.0 Å². The molecule has 10 rings (SSSR count). The fourth-order valence-corrected chi connectivity index (χ4v) is 9.13. The quantitative estimate of drug-likeness (QED) is 0.131. The van der Waals surface area contributed by atoms with Gasteiger partial charge in [-0.05, 0) is 161 Å². The lowest BCUT2D eigenvalue weighted by Gasteiger charge is -2.12. The number of benzene rings is 5. The number of carbonyl (C=O) groups excluding carboxylic acids is 1. The van der Waals surface area contributed by atoms with Crippen molar-refractivity contribution in [2.75, 3.05) is 28.2 Å². The molecule has 0 aromatic heterocycles. The van der Waals surface area contributed by atoms with E-state index in [1.54, 1.807) is 6.92 Å². The van der Waals surface area contributed by atoms with Crippen LogP contribution in [0.3, 0.4) is 0 Å². The monoisotopic (exact) mass is 1160 g/mol. The van der Waals surface area contributed by atoms with E-state index in [2.05, 4.69) is 176 Å². The van der Waals surface area contributed by atoms with E-state index in [0.717, 1.165) is 69.7 Å². The number of nitrogens with zero attached hydrogens (tertiary/aromatic N) is 1. The fraction of sp³-hybridized carbons (Fsp3) is 0.371. The maximum Gasteiger partial charge on any atom is 0.451 e. The SMILES string of the molecule is CC.CCB(O)O.CCC.CCc1ccc2c(c1)CC(Cl)=C2.CCc1ccc2c(c1)CC(N(C)C)=C2.CCc1ccc2c(c1)CC(N)=C2.CNC.ClC1=Cc2ccc(Br)cc2C1.O=C1Cc2ccc(Br)cc2C1. The van der Waals surface area contributed by atoms with Gasteiger partial charge in [-0.15, -0.1) is 0 Å². The molecule has 73 heavy (non-hydrogen) atoms. The Bertz CT molecular complexity index is 2570. The highest BCUT2D eigenvalue weighted by molar-refractivity contribution is 9.10. The molecule has 5 aromatic carbocycles. The lowest BCUT2D eigenvalue weighted by atomic mass is 9.88. The highest BCUT2D eigenvalue weighted by Crippen LogP contribution is 2.31. The van der Waals surface area contributed by atoms with E-state index in [1.165, 1.54) is 84.4 Å². The molecular weight excluding hydrogens is 1080 g/mol. The average molecular weight is 1160 g/mol. The summed E-state index contributed by atoms with van der Waals surface area (Å²) in [4.78, 5) is 13.2. The van der Waals surface area contributed by atoms with Gasteiger partial charge >= 0.3 is 7.12 Å². The van der Waals surface area contributed by atoms with Crippen molar-refractivity contribution in [3.63, 3.8) is 0 Å². The second kappa shape index (κ2) is 35.1. The number of allylic oxidation sites excluding steroid dienone is 4. The maximum atomic E-state index is 11.0. The van der Waals surface area contributed by atoms with Gasteiger partial charge in [0.05, 0.1) is 0 Å². The molecule has 11 heteroatoms. The summed E-state index contributed by atoms with van der Waals surface area (Å²) in [7, 11) is 6.85. The molecule has 0 unspecified atom stereocenters. The van der Waals surface area contributed by atoms with Crippen LogP contribution in [0, 0.1) is 0 Å². The third-order valence-electron chi connectivity index (χ3n) is 11.6. The molecule has 5 aliphatic carbocycles. The molecule has 6 nitrogen and oxygen atoms in total. The molecule has 394 valence electrons. The lowest BCUT2D eigenvalue weighted by molar-refractivity contribution is -0.117. The summed E-state index contributed by atoms with van der Waals surface area (Å²) in [6.07, 6.45) is 18.5. The van der Waals surface area contributed by atoms with Gasteiger partial charge in [-0.2, -0.15) is 0 Å². The molecule has 0 radical (unpaired) electrons. The molecule has 0 saturated carbocycles. The molecule has 0 spiro atoms. The van der Waals surface area contributed by atoms with E-state index < -0.39 is 7.12 Å². The smallest absolute Gasteiger partial charge is 0.427 e. The predicted molar refractivity (Wildman–Crippen MR) is 327 cm³/mol. The number of nitrogens with two attached hydrogens (primary N) is 1. The van der Waals surface area contributed by atoms with Gasteiger partial charge < -0.3 is 26.0 Å². The Morgan fingerprint density at radius 2 is 0.904 bits per heavy atom. The predicted octanol–water partition coefficient (Wildman–Crippen LogP) is 15.7. The first kappa shape index (κ1) is 64.9. The highest BCUT2D eigenvalue weighted by Gasteiger charge is 2.18. The molecule has 5 aromatic rings. The van der Waals surface area contributed by atoms with E-state index >= 15 is 0 Å². The first-order valence-corrected chi connectivity index (χ1v) is 28.2. The number of Topliss-reactive ketones (excluding diaryl/α,β-unsaturated/α-hetero) is 1. The van der Waals surface area contributed by atoms with Gasteiger partial charge in [0, 0.05) is 83.0 Å². The van der Waals surface area contributed by atoms with Crippen molar-refractivity contribution in [3.05, 3.63) is 194 Å². The van der Waals surface area contributed by atoms with E-state index in [9.17, 15) is 4.79 Å². The van der Waals surface area contributed by atoms with E-state index in [0.29, 0.717) is 24.9 Å². The van der Waals surface area contributed by atoms with E-state index in [-0.39, 0.29) is 0 Å². The molecule has 0 amide bonds. The molecule has 0 fully saturated rings. The molecule has 0 bridgehead atoms. The van der Waals surface area contributed by atoms with Crippen LogP contribution in [-0.2, 0) is 62.6 Å². The summed E-state index contributed by atoms with van der Waals surface area (Å²) in [6.45, 7) is 16.5. The van der Waals surface area contributed by atoms with Gasteiger partial charge in [0.1, 0.15) is 5.78 Å². The van der Waals surface area contributed by atoms with Gasteiger partial charge in [-0.1, -0.05) is 184 Å². The minimum absolute atomic E-state index is 0.332. The third kappa shape index (κ3) is 23.1. The van der Waals surface area contributed by atoms with Crippen LogP contribution in [0.25, 0.3) is 24.3 Å². The van der Waals surface area contributed by atoms with E-state index in [1.807, 2.05) is 58.3 Å². The Labute approximate surface area is 467 Å². The number of nitrogens with one attached hydrogen (secondary N) is 1. The Morgan fingerprint density at radius 3 is 1.34 bits per heavy atom. The molecule has 0 heterocycles. The maximum absolute atomic E-state index is 11.0. The number of likely N-dealkylation sites (N-methyl/N-ethyl adjacent to an activating group) is 1. The van der Waals surface area contributed by atoms with Crippen LogP contribution in [0.1, 0.15) is 134 Å².